The number of aromatic nitrogens is 1. The van der Waals surface area contributed by atoms with E-state index in [2.05, 4.69) is 9.98 Å². The quantitative estimate of drug-likeness (QED) is 0.741. The first-order chi connectivity index (χ1) is 8.03. The lowest BCUT2D eigenvalue weighted by Gasteiger charge is -2.18. The van der Waals surface area contributed by atoms with E-state index in [1.54, 1.807) is 0 Å². The third-order valence-electron chi connectivity index (χ3n) is 3.10. The van der Waals surface area contributed by atoms with E-state index in [0.717, 1.165) is 5.69 Å². The molecular weight excluding hydrogens is 228 g/mol. The number of rotatable bonds is 0. The molecule has 0 radical (unpaired) electrons. The second kappa shape index (κ2) is 3.46. The summed E-state index contributed by atoms with van der Waals surface area (Å²) in [6, 6.07) is 0. The zero-order valence-electron chi connectivity index (χ0n) is 11.8. The number of nitrogens with one attached hydrogen (secondary N) is 1. The third-order valence-corrected chi connectivity index (χ3v) is 3.10. The van der Waals surface area contributed by atoms with E-state index in [4.69, 9.17) is 0 Å². The van der Waals surface area contributed by atoms with E-state index in [1.807, 2.05) is 41.5 Å². The van der Waals surface area contributed by atoms with Crippen molar-refractivity contribution in [3.8, 4) is 5.88 Å². The van der Waals surface area contributed by atoms with Gasteiger partial charge < -0.3 is 10.1 Å². The van der Waals surface area contributed by atoms with Gasteiger partial charge in [-0.2, -0.15) is 0 Å². The second-order valence-corrected chi connectivity index (χ2v) is 6.86. The van der Waals surface area contributed by atoms with Crippen LogP contribution in [0.4, 0.5) is 0 Å². The molecule has 1 aromatic rings. The molecule has 1 aromatic heterocycles. The molecule has 0 aromatic carbocycles. The van der Waals surface area contributed by atoms with Crippen molar-refractivity contribution in [2.45, 2.75) is 47.0 Å². The fraction of sp³-hybridized carbons (Fsp3) is 0.571. The zero-order chi connectivity index (χ0) is 13.9. The Bertz CT molecular complexity index is 552. The smallest absolute Gasteiger partial charge is 0.279 e. The van der Waals surface area contributed by atoms with Crippen molar-refractivity contribution < 1.29 is 9.90 Å². The molecule has 18 heavy (non-hydrogen) atoms. The number of aliphatic imine (C=N–C) groups is 1. The molecule has 0 saturated carbocycles. The summed E-state index contributed by atoms with van der Waals surface area (Å²) in [6.07, 6.45) is 0. The number of aromatic amines is 1. The van der Waals surface area contributed by atoms with Crippen molar-refractivity contribution in [1.29, 1.82) is 0 Å². The van der Waals surface area contributed by atoms with Crippen molar-refractivity contribution in [2.75, 3.05) is 0 Å². The van der Waals surface area contributed by atoms with Gasteiger partial charge in [-0.15, -0.1) is 0 Å². The molecule has 1 aliphatic heterocycles. The van der Waals surface area contributed by atoms with Gasteiger partial charge in [0.15, 0.2) is 5.88 Å². The average Bonchev–Trinajstić information content (AvgIpc) is 2.65. The monoisotopic (exact) mass is 248 g/mol. The maximum absolute atomic E-state index is 12.1. The molecule has 2 rings (SSSR count). The molecule has 1 aliphatic rings. The Morgan fingerprint density at radius 3 is 2.00 bits per heavy atom. The fourth-order valence-corrected chi connectivity index (χ4v) is 2.25. The standard InChI is InChI=1S/C14H20N2O2/c1-13(2,3)9-7-8(12(18)15-9)10(14(4,5)6)16-11(7)17/h15,18H,1-6H3. The zero-order valence-corrected chi connectivity index (χ0v) is 11.8. The minimum Gasteiger partial charge on any atom is -0.494 e. The fourth-order valence-electron chi connectivity index (χ4n) is 2.25. The van der Waals surface area contributed by atoms with Crippen LogP contribution in [0, 0.1) is 5.41 Å². The Balaban J connectivity index is 2.70. The van der Waals surface area contributed by atoms with Crippen LogP contribution in [0.5, 0.6) is 5.88 Å². The van der Waals surface area contributed by atoms with Crippen molar-refractivity contribution in [2.24, 2.45) is 10.4 Å². The SMILES string of the molecule is CC(C)(C)C1=NC(=O)c2c(C(C)(C)C)[nH]c(O)c21. The van der Waals surface area contributed by atoms with E-state index >= 15 is 0 Å². The molecule has 0 aliphatic carbocycles. The second-order valence-electron chi connectivity index (χ2n) is 6.86. The molecule has 1 amide bonds. The number of H-pyrrole nitrogens is 1. The molecule has 0 atom stereocenters. The Hall–Kier alpha value is -1.58. The summed E-state index contributed by atoms with van der Waals surface area (Å²) in [7, 11) is 0. The highest BCUT2D eigenvalue weighted by molar-refractivity contribution is 6.24. The van der Waals surface area contributed by atoms with Crippen LogP contribution in [-0.2, 0) is 5.41 Å². The average molecular weight is 248 g/mol. The number of carbonyl (C=O) groups excluding carboxylic acids is 1. The van der Waals surface area contributed by atoms with Gasteiger partial charge in [0.25, 0.3) is 5.91 Å². The van der Waals surface area contributed by atoms with Gasteiger partial charge in [-0.25, -0.2) is 4.99 Å². The number of hydrogen-bond acceptors (Lipinski definition) is 2. The highest BCUT2D eigenvalue weighted by atomic mass is 16.3. The molecule has 4 nitrogen and oxygen atoms in total. The van der Waals surface area contributed by atoms with Gasteiger partial charge in [-0.3, -0.25) is 4.79 Å². The maximum Gasteiger partial charge on any atom is 0.279 e. The molecule has 0 fully saturated rings. The van der Waals surface area contributed by atoms with Crippen LogP contribution in [0.15, 0.2) is 4.99 Å². The van der Waals surface area contributed by atoms with E-state index in [0.29, 0.717) is 16.8 Å². The topological polar surface area (TPSA) is 65.5 Å². The summed E-state index contributed by atoms with van der Waals surface area (Å²) in [5.41, 5.74) is 2.02. The summed E-state index contributed by atoms with van der Waals surface area (Å²) < 4.78 is 0. The third kappa shape index (κ3) is 1.76. The first kappa shape index (κ1) is 12.9. The Labute approximate surface area is 107 Å². The predicted octanol–water partition coefficient (Wildman–Crippen LogP) is 3.01. The molecule has 4 heteroatoms. The molecule has 0 saturated heterocycles. The number of amides is 1. The van der Waals surface area contributed by atoms with Crippen molar-refractivity contribution in [3.63, 3.8) is 0 Å². The van der Waals surface area contributed by atoms with Crippen molar-refractivity contribution >= 4 is 11.6 Å². The van der Waals surface area contributed by atoms with Crippen molar-refractivity contribution in [1.82, 2.24) is 4.98 Å². The highest BCUT2D eigenvalue weighted by Crippen LogP contribution is 2.40. The van der Waals surface area contributed by atoms with Gasteiger partial charge in [0.2, 0.25) is 0 Å². The molecule has 2 N–H and O–H groups in total. The summed E-state index contributed by atoms with van der Waals surface area (Å²) >= 11 is 0. The molecule has 0 spiro atoms. The molecular formula is C14H20N2O2. The van der Waals surface area contributed by atoms with Crippen LogP contribution in [0.2, 0.25) is 0 Å². The Morgan fingerprint density at radius 2 is 1.56 bits per heavy atom. The first-order valence-electron chi connectivity index (χ1n) is 6.12. The molecule has 0 unspecified atom stereocenters. The first-order valence-corrected chi connectivity index (χ1v) is 6.12. The number of nitrogens with zero attached hydrogens (tertiary/aromatic N) is 1. The lowest BCUT2D eigenvalue weighted by molar-refractivity contribution is 0.100. The molecule has 2 heterocycles. The van der Waals surface area contributed by atoms with Crippen LogP contribution in [0.3, 0.4) is 0 Å². The molecule has 0 bridgehead atoms. The predicted molar refractivity (Wildman–Crippen MR) is 71.5 cm³/mol. The van der Waals surface area contributed by atoms with Gasteiger partial charge >= 0.3 is 0 Å². The maximum atomic E-state index is 12.1. The van der Waals surface area contributed by atoms with E-state index in [-0.39, 0.29) is 22.6 Å². The largest absolute Gasteiger partial charge is 0.494 e. The lowest BCUT2D eigenvalue weighted by Crippen LogP contribution is -2.19. The minimum atomic E-state index is -0.268. The molecule has 98 valence electrons. The summed E-state index contributed by atoms with van der Waals surface area (Å²) in [5, 5.41) is 10.1. The minimum absolute atomic E-state index is 0.0504. The van der Waals surface area contributed by atoms with Gasteiger partial charge in [-0.05, 0) is 0 Å². The number of carbonyl (C=O) groups is 1. The van der Waals surface area contributed by atoms with Gasteiger partial charge in [0, 0.05) is 16.5 Å². The number of fused-ring (bicyclic) bond motifs is 1. The van der Waals surface area contributed by atoms with Crippen LogP contribution in [-0.4, -0.2) is 21.7 Å². The summed E-state index contributed by atoms with van der Waals surface area (Å²) in [5.74, 6) is -0.203. The lowest BCUT2D eigenvalue weighted by atomic mass is 9.84. The normalized spacial score (nSPS) is 15.9. The van der Waals surface area contributed by atoms with Gasteiger partial charge in [0.1, 0.15) is 0 Å². The van der Waals surface area contributed by atoms with E-state index < -0.39 is 0 Å². The van der Waals surface area contributed by atoms with Crippen LogP contribution in [0.1, 0.15) is 63.2 Å². The Morgan fingerprint density at radius 1 is 1.00 bits per heavy atom. The van der Waals surface area contributed by atoms with Crippen LogP contribution >= 0.6 is 0 Å². The number of hydrogen-bond donors (Lipinski definition) is 2. The van der Waals surface area contributed by atoms with Crippen molar-refractivity contribution in [3.05, 3.63) is 16.8 Å². The number of aromatic hydroxyl groups is 1. The van der Waals surface area contributed by atoms with E-state index in [1.165, 1.54) is 0 Å². The van der Waals surface area contributed by atoms with Crippen LogP contribution in [0.25, 0.3) is 0 Å². The highest BCUT2D eigenvalue weighted by Gasteiger charge is 2.39. The van der Waals surface area contributed by atoms with E-state index in [9.17, 15) is 9.90 Å². The van der Waals surface area contributed by atoms with Gasteiger partial charge in [0.05, 0.1) is 16.8 Å². The summed E-state index contributed by atoms with van der Waals surface area (Å²) in [6.45, 7) is 12.0. The Kier molecular flexibility index (Phi) is 2.48. The van der Waals surface area contributed by atoms with Crippen LogP contribution < -0.4 is 0 Å². The van der Waals surface area contributed by atoms with Gasteiger partial charge in [-0.1, -0.05) is 41.5 Å². The summed E-state index contributed by atoms with van der Waals surface area (Å²) in [4.78, 5) is 19.1.